The number of nitrogens with one attached hydrogen (secondary N) is 2. The molecular weight excluding hydrogens is 415 g/mol. The second-order valence-electron chi connectivity index (χ2n) is 8.95. The molecule has 2 aromatic heterocycles. The molecule has 8 heteroatoms. The van der Waals surface area contributed by atoms with Crippen LogP contribution in [-0.2, 0) is 0 Å². The van der Waals surface area contributed by atoms with E-state index in [2.05, 4.69) is 45.1 Å². The van der Waals surface area contributed by atoms with E-state index < -0.39 is 0 Å². The molecule has 2 saturated heterocycles. The van der Waals surface area contributed by atoms with E-state index in [4.69, 9.17) is 12.8 Å². The SMILES string of the molecule is [B]c1cc(-c2cn[nH]c2C)ccc1/C(=C/c1sc(N2CC3(CCNCC3)C2)nc1C)N=C. The number of aryl methyl sites for hydroxylation is 2. The van der Waals surface area contributed by atoms with E-state index in [1.165, 1.54) is 12.8 Å². The van der Waals surface area contributed by atoms with Crippen LogP contribution in [0.3, 0.4) is 0 Å². The van der Waals surface area contributed by atoms with Crippen molar-refractivity contribution in [3.8, 4) is 11.1 Å². The minimum absolute atomic E-state index is 0.484. The second-order valence-corrected chi connectivity index (χ2v) is 9.96. The van der Waals surface area contributed by atoms with Gasteiger partial charge >= 0.3 is 0 Å². The number of aromatic nitrogens is 3. The summed E-state index contributed by atoms with van der Waals surface area (Å²) in [5.74, 6) is 0. The fourth-order valence-corrected chi connectivity index (χ4v) is 5.77. The van der Waals surface area contributed by atoms with Crippen molar-refractivity contribution in [2.45, 2.75) is 26.7 Å². The van der Waals surface area contributed by atoms with Crippen LogP contribution in [0.15, 0.2) is 29.4 Å². The predicted octanol–water partition coefficient (Wildman–Crippen LogP) is 3.33. The van der Waals surface area contributed by atoms with Crippen LogP contribution in [-0.4, -0.2) is 55.9 Å². The molecule has 162 valence electrons. The van der Waals surface area contributed by atoms with Crippen LogP contribution in [0, 0.1) is 19.3 Å². The third-order valence-electron chi connectivity index (χ3n) is 6.72. The Morgan fingerprint density at radius 1 is 1.28 bits per heavy atom. The Hall–Kier alpha value is -2.71. The summed E-state index contributed by atoms with van der Waals surface area (Å²) in [6, 6.07) is 6.02. The van der Waals surface area contributed by atoms with Gasteiger partial charge in [-0.3, -0.25) is 10.1 Å². The highest BCUT2D eigenvalue weighted by Gasteiger charge is 2.44. The lowest BCUT2D eigenvalue weighted by Crippen LogP contribution is -2.60. The third-order valence-corrected chi connectivity index (χ3v) is 7.88. The third kappa shape index (κ3) is 3.82. The van der Waals surface area contributed by atoms with Crippen LogP contribution >= 0.6 is 11.3 Å². The molecule has 32 heavy (non-hydrogen) atoms. The highest BCUT2D eigenvalue weighted by molar-refractivity contribution is 7.16. The summed E-state index contributed by atoms with van der Waals surface area (Å²) in [5.41, 5.74) is 6.89. The lowest BCUT2D eigenvalue weighted by molar-refractivity contribution is 0.150. The molecule has 0 bridgehead atoms. The molecule has 2 N–H and O–H groups in total. The topological polar surface area (TPSA) is 69.2 Å². The molecule has 2 aliphatic heterocycles. The maximum Gasteiger partial charge on any atom is 0.186 e. The van der Waals surface area contributed by atoms with Crippen molar-refractivity contribution in [3.05, 3.63) is 46.2 Å². The summed E-state index contributed by atoms with van der Waals surface area (Å²) in [7, 11) is 6.42. The van der Waals surface area contributed by atoms with E-state index in [0.717, 1.165) is 70.0 Å². The number of H-pyrrole nitrogens is 1. The first kappa shape index (κ1) is 21.2. The molecule has 0 amide bonds. The van der Waals surface area contributed by atoms with Gasteiger partial charge in [0.05, 0.1) is 22.5 Å². The second kappa shape index (κ2) is 8.33. The summed E-state index contributed by atoms with van der Waals surface area (Å²) in [5, 5.41) is 11.6. The fourth-order valence-electron chi connectivity index (χ4n) is 4.77. The van der Waals surface area contributed by atoms with Crippen molar-refractivity contribution in [3.63, 3.8) is 0 Å². The van der Waals surface area contributed by atoms with Crippen LogP contribution in [0.25, 0.3) is 22.9 Å². The van der Waals surface area contributed by atoms with Crippen LogP contribution in [0.5, 0.6) is 0 Å². The lowest BCUT2D eigenvalue weighted by atomic mass is 9.73. The predicted molar refractivity (Wildman–Crippen MR) is 135 cm³/mol. The largest absolute Gasteiger partial charge is 0.347 e. The van der Waals surface area contributed by atoms with Gasteiger partial charge in [0.1, 0.15) is 7.85 Å². The quantitative estimate of drug-likeness (QED) is 0.470. The molecule has 5 rings (SSSR count). The van der Waals surface area contributed by atoms with E-state index in [1.807, 2.05) is 31.3 Å². The van der Waals surface area contributed by atoms with Crippen LogP contribution in [0.2, 0.25) is 0 Å². The van der Waals surface area contributed by atoms with Gasteiger partial charge in [-0.05, 0) is 63.7 Å². The Bertz CT molecular complexity index is 1180. The first-order valence-electron chi connectivity index (χ1n) is 11.0. The highest BCUT2D eigenvalue weighted by atomic mass is 32.1. The number of aliphatic imine (C=N–C) groups is 1. The van der Waals surface area contributed by atoms with Gasteiger partial charge < -0.3 is 10.2 Å². The van der Waals surface area contributed by atoms with Gasteiger partial charge in [-0.2, -0.15) is 5.10 Å². The Morgan fingerprint density at radius 3 is 2.72 bits per heavy atom. The normalized spacial score (nSPS) is 18.1. The number of piperidine rings is 1. The average Bonchev–Trinajstić information content (AvgIpc) is 3.36. The number of thiazole rings is 1. The van der Waals surface area contributed by atoms with Crippen molar-refractivity contribution >= 4 is 48.3 Å². The summed E-state index contributed by atoms with van der Waals surface area (Å²) in [6.45, 7) is 12.3. The van der Waals surface area contributed by atoms with Gasteiger partial charge in [0.25, 0.3) is 0 Å². The fraction of sp³-hybridized carbons (Fsp3) is 0.375. The van der Waals surface area contributed by atoms with Gasteiger partial charge in [0, 0.05) is 29.8 Å². The van der Waals surface area contributed by atoms with Gasteiger partial charge in [0.15, 0.2) is 5.13 Å². The Labute approximate surface area is 194 Å². The molecule has 0 aliphatic carbocycles. The minimum Gasteiger partial charge on any atom is -0.347 e. The molecule has 0 atom stereocenters. The van der Waals surface area contributed by atoms with Gasteiger partial charge in [-0.15, -0.1) is 0 Å². The highest BCUT2D eigenvalue weighted by Crippen LogP contribution is 2.43. The molecule has 1 spiro atoms. The molecule has 1 aromatic carbocycles. The molecule has 2 aliphatic rings. The average molecular weight is 442 g/mol. The number of nitrogens with zero attached hydrogens (tertiary/aromatic N) is 4. The minimum atomic E-state index is 0.484. The molecular formula is C24H27BN6S. The van der Waals surface area contributed by atoms with Crippen molar-refractivity contribution in [1.29, 1.82) is 0 Å². The Balaban J connectivity index is 1.38. The molecule has 2 radical (unpaired) electrons. The molecule has 0 unspecified atom stereocenters. The zero-order valence-electron chi connectivity index (χ0n) is 18.6. The molecule has 6 nitrogen and oxygen atoms in total. The smallest absolute Gasteiger partial charge is 0.186 e. The molecule has 2 fully saturated rings. The standard InChI is InChI=1S/C24H27BN6S/c1-15-19(12-28-30-15)17-4-5-18(20(25)10-17)21(26-3)11-22-16(2)29-23(32-22)31-13-24(14-31)6-8-27-9-7-24/h4-5,10-12,27H,3,6-9,13-14H2,1-2H3,(H,28,30)/b21-11-. The van der Waals surface area contributed by atoms with Gasteiger partial charge in [-0.1, -0.05) is 35.0 Å². The van der Waals surface area contributed by atoms with Crippen LogP contribution < -0.4 is 15.7 Å². The summed E-state index contributed by atoms with van der Waals surface area (Å²) >= 11 is 1.72. The monoisotopic (exact) mass is 442 g/mol. The number of benzene rings is 1. The lowest BCUT2D eigenvalue weighted by Gasteiger charge is -2.52. The van der Waals surface area contributed by atoms with E-state index in [-0.39, 0.29) is 0 Å². The maximum atomic E-state index is 6.42. The van der Waals surface area contributed by atoms with E-state index >= 15 is 0 Å². The van der Waals surface area contributed by atoms with Crippen molar-refractivity contribution in [2.75, 3.05) is 31.1 Å². The number of hydrogen-bond donors (Lipinski definition) is 2. The molecule has 4 heterocycles. The van der Waals surface area contributed by atoms with Crippen molar-refractivity contribution in [1.82, 2.24) is 20.5 Å². The van der Waals surface area contributed by atoms with E-state index in [1.54, 1.807) is 11.3 Å². The number of rotatable bonds is 5. The Kier molecular flexibility index (Phi) is 5.51. The van der Waals surface area contributed by atoms with Gasteiger partial charge in [0.2, 0.25) is 0 Å². The number of aromatic amines is 1. The summed E-state index contributed by atoms with van der Waals surface area (Å²) in [4.78, 5) is 12.7. The zero-order valence-corrected chi connectivity index (χ0v) is 19.4. The molecule has 0 saturated carbocycles. The zero-order chi connectivity index (χ0) is 22.3. The molecule has 3 aromatic rings. The van der Waals surface area contributed by atoms with E-state index in [9.17, 15) is 0 Å². The number of hydrogen-bond acceptors (Lipinski definition) is 6. The first-order chi connectivity index (χ1) is 15.5. The maximum absolute atomic E-state index is 6.42. The van der Waals surface area contributed by atoms with Crippen LogP contribution in [0.1, 0.15) is 34.7 Å². The first-order valence-corrected chi connectivity index (χ1v) is 11.8. The van der Waals surface area contributed by atoms with Gasteiger partial charge in [-0.25, -0.2) is 4.98 Å². The van der Waals surface area contributed by atoms with Crippen LogP contribution in [0.4, 0.5) is 5.13 Å². The summed E-state index contributed by atoms with van der Waals surface area (Å²) < 4.78 is 0. The van der Waals surface area contributed by atoms with Crippen molar-refractivity contribution in [2.24, 2.45) is 10.4 Å². The Morgan fingerprint density at radius 2 is 2.06 bits per heavy atom. The number of anilines is 1. The van der Waals surface area contributed by atoms with E-state index in [0.29, 0.717) is 10.9 Å². The summed E-state index contributed by atoms with van der Waals surface area (Å²) in [6.07, 6.45) is 6.40. The van der Waals surface area contributed by atoms with Crippen molar-refractivity contribution < 1.29 is 0 Å².